The number of rotatable bonds is 3. The summed E-state index contributed by atoms with van der Waals surface area (Å²) in [5.74, 6) is 1.59. The maximum Gasteiger partial charge on any atom is 0.225 e. The summed E-state index contributed by atoms with van der Waals surface area (Å²) >= 11 is 0. The third kappa shape index (κ3) is 3.09. The summed E-state index contributed by atoms with van der Waals surface area (Å²) in [4.78, 5) is 21.9. The zero-order valence-corrected chi connectivity index (χ0v) is 12.5. The van der Waals surface area contributed by atoms with E-state index in [0.29, 0.717) is 6.04 Å². The molecule has 0 radical (unpaired) electrons. The summed E-state index contributed by atoms with van der Waals surface area (Å²) in [6, 6.07) is 2.22. The van der Waals surface area contributed by atoms with E-state index >= 15 is 0 Å². The van der Waals surface area contributed by atoms with Crippen LogP contribution in [0.15, 0.2) is 30.9 Å². The average Bonchev–Trinajstić information content (AvgIpc) is 2.56. The summed E-state index contributed by atoms with van der Waals surface area (Å²) in [5.41, 5.74) is 1.08. The van der Waals surface area contributed by atoms with Crippen LogP contribution in [0.4, 0.5) is 11.9 Å². The lowest BCUT2D eigenvalue weighted by Crippen LogP contribution is -2.47. The van der Waals surface area contributed by atoms with Crippen LogP contribution in [0.5, 0.6) is 0 Å². The number of piperidine rings is 1. The first-order valence-electron chi connectivity index (χ1n) is 7.27. The molecule has 0 aromatic carbocycles. The van der Waals surface area contributed by atoms with Crippen LogP contribution in [0, 0.1) is 6.92 Å². The maximum absolute atomic E-state index is 4.42. The van der Waals surface area contributed by atoms with Gasteiger partial charge in [-0.25, -0.2) is 19.9 Å². The predicted octanol–water partition coefficient (Wildman–Crippen LogP) is 1.68. The summed E-state index contributed by atoms with van der Waals surface area (Å²) in [6.45, 7) is 3.90. The van der Waals surface area contributed by atoms with Crippen molar-refractivity contribution >= 4 is 11.9 Å². The van der Waals surface area contributed by atoms with E-state index in [-0.39, 0.29) is 0 Å². The standard InChI is InChI=1S/C15H20N6/c1-12-9-18-14(19-10-12)20(2)13-5-3-8-21(11-13)15-16-6-4-7-17-15/h4,6-7,9-10,13H,3,5,8,11H2,1-2H3. The van der Waals surface area contributed by atoms with E-state index in [0.717, 1.165) is 43.4 Å². The second-order valence-corrected chi connectivity index (χ2v) is 5.46. The molecule has 3 rings (SSSR count). The zero-order valence-electron chi connectivity index (χ0n) is 12.5. The summed E-state index contributed by atoms with van der Waals surface area (Å²) in [7, 11) is 2.06. The van der Waals surface area contributed by atoms with Crippen LogP contribution in [0.25, 0.3) is 0 Å². The number of hydrogen-bond donors (Lipinski definition) is 0. The van der Waals surface area contributed by atoms with Gasteiger partial charge in [0.05, 0.1) is 0 Å². The Hall–Kier alpha value is -2.24. The van der Waals surface area contributed by atoms with E-state index in [1.54, 1.807) is 12.4 Å². The second kappa shape index (κ2) is 6.03. The summed E-state index contributed by atoms with van der Waals surface area (Å²) in [6.07, 6.45) is 9.56. The molecule has 1 aliphatic heterocycles. The minimum Gasteiger partial charge on any atom is -0.339 e. The molecule has 0 N–H and O–H groups in total. The van der Waals surface area contributed by atoms with Crippen LogP contribution in [-0.2, 0) is 0 Å². The Morgan fingerprint density at radius 2 is 1.86 bits per heavy atom. The molecule has 0 spiro atoms. The molecule has 0 saturated carbocycles. The average molecular weight is 284 g/mol. The fourth-order valence-corrected chi connectivity index (χ4v) is 2.64. The van der Waals surface area contributed by atoms with Gasteiger partial charge in [0.1, 0.15) is 0 Å². The molecule has 2 aromatic rings. The molecule has 1 atom stereocenters. The number of aromatic nitrogens is 4. The van der Waals surface area contributed by atoms with Crippen molar-refractivity contribution in [3.63, 3.8) is 0 Å². The van der Waals surface area contributed by atoms with Crippen LogP contribution in [0.3, 0.4) is 0 Å². The zero-order chi connectivity index (χ0) is 14.7. The Labute approximate surface area is 124 Å². The Morgan fingerprint density at radius 1 is 1.14 bits per heavy atom. The van der Waals surface area contributed by atoms with Gasteiger partial charge in [0, 0.05) is 51.0 Å². The van der Waals surface area contributed by atoms with E-state index in [9.17, 15) is 0 Å². The third-order valence-corrected chi connectivity index (χ3v) is 3.86. The minimum atomic E-state index is 0.380. The Kier molecular flexibility index (Phi) is 3.94. The van der Waals surface area contributed by atoms with E-state index in [1.807, 2.05) is 25.4 Å². The topological polar surface area (TPSA) is 58.0 Å². The molecule has 6 heteroatoms. The third-order valence-electron chi connectivity index (χ3n) is 3.86. The first-order valence-corrected chi connectivity index (χ1v) is 7.27. The van der Waals surface area contributed by atoms with Crippen molar-refractivity contribution in [3.05, 3.63) is 36.4 Å². The van der Waals surface area contributed by atoms with Crippen LogP contribution in [-0.4, -0.2) is 46.1 Å². The van der Waals surface area contributed by atoms with Gasteiger partial charge in [-0.2, -0.15) is 0 Å². The number of anilines is 2. The van der Waals surface area contributed by atoms with Gasteiger partial charge in [-0.3, -0.25) is 0 Å². The molecular weight excluding hydrogens is 264 g/mol. The highest BCUT2D eigenvalue weighted by Crippen LogP contribution is 2.20. The number of hydrogen-bond acceptors (Lipinski definition) is 6. The molecule has 21 heavy (non-hydrogen) atoms. The largest absolute Gasteiger partial charge is 0.339 e. The molecule has 2 aromatic heterocycles. The van der Waals surface area contributed by atoms with Crippen molar-refractivity contribution in [1.29, 1.82) is 0 Å². The van der Waals surface area contributed by atoms with Gasteiger partial charge in [0.2, 0.25) is 11.9 Å². The molecule has 6 nitrogen and oxygen atoms in total. The first kappa shape index (κ1) is 13.7. The van der Waals surface area contributed by atoms with Gasteiger partial charge in [-0.05, 0) is 31.4 Å². The lowest BCUT2D eigenvalue weighted by Gasteiger charge is -2.37. The quantitative estimate of drug-likeness (QED) is 0.854. The highest BCUT2D eigenvalue weighted by molar-refractivity contribution is 5.35. The highest BCUT2D eigenvalue weighted by Gasteiger charge is 2.25. The van der Waals surface area contributed by atoms with Crippen LogP contribution >= 0.6 is 0 Å². The van der Waals surface area contributed by atoms with Crippen molar-refractivity contribution in [1.82, 2.24) is 19.9 Å². The van der Waals surface area contributed by atoms with Gasteiger partial charge >= 0.3 is 0 Å². The van der Waals surface area contributed by atoms with Crippen molar-refractivity contribution in [2.75, 3.05) is 29.9 Å². The van der Waals surface area contributed by atoms with Crippen molar-refractivity contribution in [3.8, 4) is 0 Å². The van der Waals surface area contributed by atoms with Crippen molar-refractivity contribution in [2.45, 2.75) is 25.8 Å². The first-order chi connectivity index (χ1) is 10.2. The Morgan fingerprint density at radius 3 is 2.57 bits per heavy atom. The Balaban J connectivity index is 1.72. The Bertz CT molecular complexity index is 570. The SMILES string of the molecule is Cc1cnc(N(C)C2CCCN(c3ncccn3)C2)nc1. The van der Waals surface area contributed by atoms with Gasteiger partial charge in [-0.15, -0.1) is 0 Å². The number of aryl methyl sites for hydroxylation is 1. The lowest BCUT2D eigenvalue weighted by molar-refractivity contribution is 0.478. The van der Waals surface area contributed by atoms with Crippen molar-refractivity contribution < 1.29 is 0 Å². The van der Waals surface area contributed by atoms with E-state index in [4.69, 9.17) is 0 Å². The number of nitrogens with zero attached hydrogens (tertiary/aromatic N) is 6. The fraction of sp³-hybridized carbons (Fsp3) is 0.467. The molecule has 110 valence electrons. The maximum atomic E-state index is 4.42. The summed E-state index contributed by atoms with van der Waals surface area (Å²) in [5, 5.41) is 0. The molecule has 1 fully saturated rings. The monoisotopic (exact) mass is 284 g/mol. The molecule has 3 heterocycles. The van der Waals surface area contributed by atoms with E-state index < -0.39 is 0 Å². The van der Waals surface area contributed by atoms with Gasteiger partial charge in [0.25, 0.3) is 0 Å². The van der Waals surface area contributed by atoms with Gasteiger partial charge in [0.15, 0.2) is 0 Å². The van der Waals surface area contributed by atoms with Gasteiger partial charge < -0.3 is 9.80 Å². The summed E-state index contributed by atoms with van der Waals surface area (Å²) < 4.78 is 0. The molecular formula is C15H20N6. The molecule has 0 bridgehead atoms. The van der Waals surface area contributed by atoms with E-state index in [1.165, 1.54) is 0 Å². The van der Waals surface area contributed by atoms with Crippen LogP contribution in [0.1, 0.15) is 18.4 Å². The number of likely N-dealkylation sites (N-methyl/N-ethyl adjacent to an activating group) is 1. The molecule has 0 aliphatic carbocycles. The molecule has 1 saturated heterocycles. The molecule has 1 unspecified atom stereocenters. The van der Waals surface area contributed by atoms with Gasteiger partial charge in [-0.1, -0.05) is 0 Å². The smallest absolute Gasteiger partial charge is 0.225 e. The normalized spacial score (nSPS) is 18.6. The highest BCUT2D eigenvalue weighted by atomic mass is 15.3. The van der Waals surface area contributed by atoms with E-state index in [2.05, 4.69) is 36.8 Å². The predicted molar refractivity (Wildman–Crippen MR) is 82.4 cm³/mol. The second-order valence-electron chi connectivity index (χ2n) is 5.46. The minimum absolute atomic E-state index is 0.380. The molecule has 0 amide bonds. The van der Waals surface area contributed by atoms with Crippen LogP contribution in [0.2, 0.25) is 0 Å². The fourth-order valence-electron chi connectivity index (χ4n) is 2.64. The molecule has 1 aliphatic rings. The van der Waals surface area contributed by atoms with Crippen molar-refractivity contribution in [2.24, 2.45) is 0 Å². The lowest BCUT2D eigenvalue weighted by atomic mass is 10.1. The van der Waals surface area contributed by atoms with Crippen LogP contribution < -0.4 is 9.80 Å².